The van der Waals surface area contributed by atoms with Crippen molar-refractivity contribution in [3.05, 3.63) is 153 Å². The number of piperidine rings is 1. The van der Waals surface area contributed by atoms with Crippen molar-refractivity contribution in [1.82, 2.24) is 14.5 Å². The van der Waals surface area contributed by atoms with Gasteiger partial charge in [-0.2, -0.15) is 0 Å². The predicted molar refractivity (Wildman–Crippen MR) is 226 cm³/mol. The highest BCUT2D eigenvalue weighted by molar-refractivity contribution is 7.99. The smallest absolute Gasteiger partial charge is 0.293 e. The lowest BCUT2D eigenvalue weighted by molar-refractivity contribution is -0.384. The fraction of sp³-hybridized carbons (Fsp3) is 0.279. The van der Waals surface area contributed by atoms with Crippen LogP contribution in [0.3, 0.4) is 0 Å². The van der Waals surface area contributed by atoms with Crippen LogP contribution in [0.4, 0.5) is 11.4 Å². The number of benzene rings is 5. The molecule has 56 heavy (non-hydrogen) atoms. The van der Waals surface area contributed by atoms with Gasteiger partial charge in [0.2, 0.25) is 0 Å². The molecule has 0 aliphatic carbocycles. The highest BCUT2D eigenvalue weighted by atomic mass is 35.5. The van der Waals surface area contributed by atoms with Crippen LogP contribution >= 0.6 is 23.4 Å². The van der Waals surface area contributed by atoms with Crippen LogP contribution < -0.4 is 10.0 Å². The summed E-state index contributed by atoms with van der Waals surface area (Å²) in [6, 6.07) is 36.8. The number of nitrogens with zero attached hydrogens (tertiary/aromatic N) is 3. The summed E-state index contributed by atoms with van der Waals surface area (Å²) < 4.78 is 28.8. The van der Waals surface area contributed by atoms with Crippen LogP contribution in [0, 0.1) is 10.1 Å². The van der Waals surface area contributed by atoms with Crippen molar-refractivity contribution in [2.24, 2.45) is 0 Å². The summed E-state index contributed by atoms with van der Waals surface area (Å²) in [4.78, 5) is 29.9. The van der Waals surface area contributed by atoms with Crippen LogP contribution in [0.15, 0.2) is 131 Å². The number of thioether (sulfide) groups is 1. The Morgan fingerprint density at radius 2 is 1.61 bits per heavy atom. The summed E-state index contributed by atoms with van der Waals surface area (Å²) in [5.41, 5.74) is 4.69. The average Bonchev–Trinajstić information content (AvgIpc) is 3.20. The number of nitro groups is 1. The molecule has 0 radical (unpaired) electrons. The number of nitro benzene ring substituents is 1. The second-order valence-electron chi connectivity index (χ2n) is 14.3. The van der Waals surface area contributed by atoms with Crippen LogP contribution in [0.5, 0.6) is 0 Å². The van der Waals surface area contributed by atoms with Crippen LogP contribution in [0.2, 0.25) is 5.02 Å². The van der Waals surface area contributed by atoms with Gasteiger partial charge in [0.1, 0.15) is 5.69 Å². The number of amides is 1. The lowest BCUT2D eigenvalue weighted by atomic mass is 9.88. The second kappa shape index (κ2) is 18.9. The van der Waals surface area contributed by atoms with Gasteiger partial charge in [0.15, 0.2) is 0 Å². The van der Waals surface area contributed by atoms with Gasteiger partial charge in [-0.25, -0.2) is 13.1 Å². The number of rotatable bonds is 16. The lowest BCUT2D eigenvalue weighted by Gasteiger charge is -2.32. The zero-order chi connectivity index (χ0) is 39.7. The third-order valence-electron chi connectivity index (χ3n) is 9.98. The molecule has 5 aromatic carbocycles. The van der Waals surface area contributed by atoms with Crippen molar-refractivity contribution in [2.45, 2.75) is 47.6 Å². The number of halogens is 1. The van der Waals surface area contributed by atoms with Crippen molar-refractivity contribution in [1.29, 1.82) is 0 Å². The average molecular weight is 812 g/mol. The Morgan fingerprint density at radius 1 is 0.929 bits per heavy atom. The minimum absolute atomic E-state index is 0.137. The van der Waals surface area contributed by atoms with Crippen LogP contribution in [0.1, 0.15) is 46.7 Å². The van der Waals surface area contributed by atoms with E-state index in [4.69, 9.17) is 11.6 Å². The minimum Gasteiger partial charge on any atom is -0.376 e. The number of nitrogens with one attached hydrogen (secondary N) is 2. The van der Waals surface area contributed by atoms with Gasteiger partial charge in [-0.1, -0.05) is 78.3 Å². The normalized spacial score (nSPS) is 14.4. The summed E-state index contributed by atoms with van der Waals surface area (Å²) in [6.07, 6.45) is 2.61. The molecule has 1 heterocycles. The van der Waals surface area contributed by atoms with E-state index in [0.717, 1.165) is 61.1 Å². The third kappa shape index (κ3) is 11.0. The van der Waals surface area contributed by atoms with E-state index in [1.165, 1.54) is 23.3 Å². The predicted octanol–water partition coefficient (Wildman–Crippen LogP) is 8.94. The van der Waals surface area contributed by atoms with E-state index >= 15 is 0 Å². The molecule has 13 heteroatoms. The van der Waals surface area contributed by atoms with Gasteiger partial charge < -0.3 is 10.2 Å². The van der Waals surface area contributed by atoms with E-state index in [9.17, 15) is 23.3 Å². The van der Waals surface area contributed by atoms with Gasteiger partial charge in [-0.3, -0.25) is 19.8 Å². The molecule has 0 bridgehead atoms. The number of hydrogen-bond acceptors (Lipinski definition) is 9. The Kier molecular flexibility index (Phi) is 13.8. The summed E-state index contributed by atoms with van der Waals surface area (Å²) in [6.45, 7) is 3.43. The molecule has 292 valence electrons. The Labute approximate surface area is 338 Å². The van der Waals surface area contributed by atoms with E-state index in [1.807, 2.05) is 85.7 Å². The molecule has 0 unspecified atom stereocenters. The number of sulfonamides is 1. The van der Waals surface area contributed by atoms with Crippen molar-refractivity contribution in [3.8, 4) is 11.1 Å². The summed E-state index contributed by atoms with van der Waals surface area (Å²) >= 11 is 7.75. The first-order valence-electron chi connectivity index (χ1n) is 18.6. The largest absolute Gasteiger partial charge is 0.376 e. The fourth-order valence-corrected chi connectivity index (χ4v) is 8.99. The second-order valence-corrected chi connectivity index (χ2v) is 17.5. The number of carbonyl (C=O) groups excluding carboxylic acids is 1. The van der Waals surface area contributed by atoms with Crippen LogP contribution in [-0.4, -0.2) is 74.6 Å². The van der Waals surface area contributed by atoms with E-state index in [0.29, 0.717) is 23.1 Å². The number of likely N-dealkylation sites (tertiary alicyclic amines) is 1. The van der Waals surface area contributed by atoms with Crippen molar-refractivity contribution >= 4 is 50.7 Å². The first-order chi connectivity index (χ1) is 26.9. The molecule has 1 amide bonds. The molecule has 0 aromatic heterocycles. The van der Waals surface area contributed by atoms with Crippen molar-refractivity contribution in [2.75, 3.05) is 44.8 Å². The molecule has 1 atom stereocenters. The Balaban J connectivity index is 1.06. The van der Waals surface area contributed by atoms with Gasteiger partial charge in [0, 0.05) is 39.9 Å². The van der Waals surface area contributed by atoms with Gasteiger partial charge in [0.25, 0.3) is 21.6 Å². The van der Waals surface area contributed by atoms with E-state index in [-0.39, 0.29) is 27.9 Å². The Hall–Kier alpha value is -4.72. The first kappa shape index (κ1) is 40.9. The topological polar surface area (TPSA) is 125 Å². The number of carbonyl (C=O) groups is 1. The maximum absolute atomic E-state index is 13.4. The molecule has 1 fully saturated rings. The summed E-state index contributed by atoms with van der Waals surface area (Å²) in [5, 5.41) is 16.2. The maximum atomic E-state index is 13.4. The summed E-state index contributed by atoms with van der Waals surface area (Å²) in [7, 11) is -0.494. The molecule has 5 aromatic rings. The highest BCUT2D eigenvalue weighted by Crippen LogP contribution is 2.33. The highest BCUT2D eigenvalue weighted by Gasteiger charge is 2.26. The Bertz CT molecular complexity index is 2210. The first-order valence-corrected chi connectivity index (χ1v) is 21.4. The third-order valence-corrected chi connectivity index (χ3v) is 12.7. The number of hydrogen-bond donors (Lipinski definition) is 2. The van der Waals surface area contributed by atoms with E-state index < -0.39 is 20.9 Å². The molecule has 1 saturated heterocycles. The van der Waals surface area contributed by atoms with Gasteiger partial charge in [-0.05, 0) is 130 Å². The van der Waals surface area contributed by atoms with E-state index in [2.05, 4.69) is 39.2 Å². The SMILES string of the molecule is CN(C)CC[C@H](CSc1ccccc1)Nc1ccc(S(=O)(=O)NC(=O)c2ccc(C3CCN(Cc4ccccc4-c4ccc(Cl)cc4)CC3)cc2)cc1[N+](=O)[O-]. The molecule has 0 saturated carbocycles. The lowest BCUT2D eigenvalue weighted by Crippen LogP contribution is -2.32. The standard InChI is InChI=1S/C43H46ClN5O5S2/c1-47(2)25-24-37(30-55-38-9-4-3-5-10-38)45-41-21-20-39(28-42(41)49(51)52)56(53,54)46-43(50)34-14-12-31(13-15-34)32-22-26-48(27-23-32)29-35-8-6-7-11-40(35)33-16-18-36(44)19-17-33/h3-21,28,32,37,45H,22-27,29-30H2,1-2H3,(H,46,50)/t37-/m1/s1. The molecule has 10 nitrogen and oxygen atoms in total. The van der Waals surface area contributed by atoms with Crippen molar-refractivity contribution in [3.63, 3.8) is 0 Å². The zero-order valence-electron chi connectivity index (χ0n) is 31.4. The van der Waals surface area contributed by atoms with Gasteiger partial charge in [-0.15, -0.1) is 11.8 Å². The monoisotopic (exact) mass is 811 g/mol. The molecular weight excluding hydrogens is 766 g/mol. The van der Waals surface area contributed by atoms with Crippen LogP contribution in [-0.2, 0) is 16.6 Å². The Morgan fingerprint density at radius 3 is 2.29 bits per heavy atom. The molecule has 6 rings (SSSR count). The molecule has 1 aliphatic heterocycles. The zero-order valence-corrected chi connectivity index (χ0v) is 33.8. The number of anilines is 1. The molecule has 2 N–H and O–H groups in total. The van der Waals surface area contributed by atoms with Crippen LogP contribution in [0.25, 0.3) is 11.1 Å². The summed E-state index contributed by atoms with van der Waals surface area (Å²) in [5.74, 6) is 0.146. The quantitative estimate of drug-likeness (QED) is 0.0571. The molecule has 0 spiro atoms. The fourth-order valence-electron chi connectivity index (χ4n) is 6.88. The van der Waals surface area contributed by atoms with E-state index in [1.54, 1.807) is 23.9 Å². The minimum atomic E-state index is -4.42. The van der Waals surface area contributed by atoms with Gasteiger partial charge in [0.05, 0.1) is 9.82 Å². The molecular formula is C43H46ClN5O5S2. The van der Waals surface area contributed by atoms with Gasteiger partial charge >= 0.3 is 0 Å². The van der Waals surface area contributed by atoms with Crippen molar-refractivity contribution < 1.29 is 18.1 Å². The maximum Gasteiger partial charge on any atom is 0.293 e. The molecule has 1 aliphatic rings.